The number of pyridine rings is 1. The van der Waals surface area contributed by atoms with E-state index < -0.39 is 18.0 Å². The number of amides is 1. The lowest BCUT2D eigenvalue weighted by Crippen LogP contribution is -2.28. The number of benzene rings is 2. The average molecular weight is 489 g/mol. The van der Waals surface area contributed by atoms with Crippen molar-refractivity contribution in [3.8, 4) is 11.1 Å². The SMILES string of the molecule is COC(=O)c1c(COC(=O)CC(NC(C)=O)c2cccs2)nc2ccccc2c1-c1ccccc1. The first-order chi connectivity index (χ1) is 17.0. The zero-order valence-electron chi connectivity index (χ0n) is 19.3. The van der Waals surface area contributed by atoms with Crippen LogP contribution in [0.5, 0.6) is 0 Å². The summed E-state index contributed by atoms with van der Waals surface area (Å²) in [5, 5.41) is 5.45. The molecule has 0 saturated heterocycles. The van der Waals surface area contributed by atoms with Gasteiger partial charge in [-0.1, -0.05) is 54.6 Å². The van der Waals surface area contributed by atoms with Gasteiger partial charge in [-0.15, -0.1) is 11.3 Å². The number of hydrogen-bond acceptors (Lipinski definition) is 7. The van der Waals surface area contributed by atoms with E-state index in [-0.39, 0.29) is 24.5 Å². The van der Waals surface area contributed by atoms with Gasteiger partial charge in [0.1, 0.15) is 6.61 Å². The number of aromatic nitrogens is 1. The van der Waals surface area contributed by atoms with Crippen molar-refractivity contribution in [3.63, 3.8) is 0 Å². The van der Waals surface area contributed by atoms with Gasteiger partial charge < -0.3 is 14.8 Å². The number of ether oxygens (including phenoxy) is 2. The van der Waals surface area contributed by atoms with Crippen LogP contribution in [-0.2, 0) is 25.7 Å². The van der Waals surface area contributed by atoms with Gasteiger partial charge in [0.2, 0.25) is 5.91 Å². The van der Waals surface area contributed by atoms with Crippen molar-refractivity contribution in [2.45, 2.75) is 26.0 Å². The van der Waals surface area contributed by atoms with Gasteiger partial charge in [-0.3, -0.25) is 9.59 Å². The van der Waals surface area contributed by atoms with E-state index in [2.05, 4.69) is 10.3 Å². The van der Waals surface area contributed by atoms with E-state index in [0.29, 0.717) is 16.8 Å². The largest absolute Gasteiger partial charge is 0.465 e. The fourth-order valence-corrected chi connectivity index (χ4v) is 4.70. The van der Waals surface area contributed by atoms with E-state index in [1.807, 2.05) is 72.1 Å². The number of fused-ring (bicyclic) bond motifs is 1. The molecule has 2 aromatic carbocycles. The molecule has 178 valence electrons. The summed E-state index contributed by atoms with van der Waals surface area (Å²) in [6.45, 7) is 1.18. The minimum absolute atomic E-state index is 0.0488. The highest BCUT2D eigenvalue weighted by Gasteiger charge is 2.25. The fraction of sp³-hybridized carbons (Fsp3) is 0.185. The summed E-state index contributed by atoms with van der Waals surface area (Å²) in [5.41, 5.74) is 2.71. The van der Waals surface area contributed by atoms with Crippen LogP contribution < -0.4 is 5.32 Å². The number of thiophene rings is 1. The lowest BCUT2D eigenvalue weighted by Gasteiger charge is -2.18. The zero-order chi connectivity index (χ0) is 24.8. The Morgan fingerprint density at radius 1 is 1.00 bits per heavy atom. The topological polar surface area (TPSA) is 94.6 Å². The minimum Gasteiger partial charge on any atom is -0.465 e. The van der Waals surface area contributed by atoms with Gasteiger partial charge >= 0.3 is 11.9 Å². The number of hydrogen-bond donors (Lipinski definition) is 1. The Morgan fingerprint density at radius 3 is 2.43 bits per heavy atom. The second-order valence-electron chi connectivity index (χ2n) is 7.82. The summed E-state index contributed by atoms with van der Waals surface area (Å²) in [6, 6.07) is 20.2. The number of nitrogens with zero attached hydrogens (tertiary/aromatic N) is 1. The summed E-state index contributed by atoms with van der Waals surface area (Å²) in [6.07, 6.45) is -0.0488. The lowest BCUT2D eigenvalue weighted by molar-refractivity contribution is -0.145. The van der Waals surface area contributed by atoms with Crippen LogP contribution >= 0.6 is 11.3 Å². The van der Waals surface area contributed by atoms with Crippen LogP contribution in [0.2, 0.25) is 0 Å². The summed E-state index contributed by atoms with van der Waals surface area (Å²) < 4.78 is 10.6. The molecule has 2 heterocycles. The molecule has 35 heavy (non-hydrogen) atoms. The quantitative estimate of drug-likeness (QED) is 0.349. The molecule has 1 amide bonds. The number of carbonyl (C=O) groups is 3. The van der Waals surface area contributed by atoms with E-state index in [4.69, 9.17) is 9.47 Å². The molecule has 1 unspecified atom stereocenters. The third-order valence-corrected chi connectivity index (χ3v) is 6.41. The molecule has 0 bridgehead atoms. The van der Waals surface area contributed by atoms with Crippen LogP contribution in [0.4, 0.5) is 0 Å². The molecule has 0 aliphatic rings. The number of esters is 2. The third kappa shape index (κ3) is 5.55. The number of nitrogens with one attached hydrogen (secondary N) is 1. The Hall–Kier alpha value is -4.04. The number of rotatable bonds is 8. The maximum Gasteiger partial charge on any atom is 0.340 e. The normalized spacial score (nSPS) is 11.6. The monoisotopic (exact) mass is 488 g/mol. The summed E-state index contributed by atoms with van der Waals surface area (Å²) >= 11 is 1.44. The van der Waals surface area contributed by atoms with E-state index in [9.17, 15) is 14.4 Å². The lowest BCUT2D eigenvalue weighted by atomic mass is 9.94. The Labute approximate surface area is 206 Å². The molecule has 4 rings (SSSR count). The first kappa shape index (κ1) is 24.1. The maximum absolute atomic E-state index is 12.9. The maximum atomic E-state index is 12.9. The Morgan fingerprint density at radius 2 is 1.74 bits per heavy atom. The number of methoxy groups -OCH3 is 1. The second kappa shape index (κ2) is 10.9. The molecule has 2 aromatic heterocycles. The molecule has 0 spiro atoms. The van der Waals surface area contributed by atoms with Crippen LogP contribution in [0, 0.1) is 0 Å². The van der Waals surface area contributed by atoms with Crippen LogP contribution in [0.3, 0.4) is 0 Å². The smallest absolute Gasteiger partial charge is 0.340 e. The fourth-order valence-electron chi connectivity index (χ4n) is 3.93. The molecular weight excluding hydrogens is 464 g/mol. The predicted octanol–water partition coefficient (Wildman–Crippen LogP) is 5.06. The Balaban J connectivity index is 1.68. The first-order valence-electron chi connectivity index (χ1n) is 11.0. The van der Waals surface area contributed by atoms with Crippen molar-refractivity contribution in [1.29, 1.82) is 0 Å². The average Bonchev–Trinajstić information content (AvgIpc) is 3.41. The highest BCUT2D eigenvalue weighted by molar-refractivity contribution is 7.10. The highest BCUT2D eigenvalue weighted by Crippen LogP contribution is 2.34. The van der Waals surface area contributed by atoms with Crippen molar-refractivity contribution in [3.05, 3.63) is 88.2 Å². The van der Waals surface area contributed by atoms with Gasteiger partial charge in [-0.25, -0.2) is 9.78 Å². The Kier molecular flexibility index (Phi) is 7.52. The van der Waals surface area contributed by atoms with Crippen molar-refractivity contribution in [2.24, 2.45) is 0 Å². The van der Waals surface area contributed by atoms with Gasteiger partial charge in [0.05, 0.1) is 36.3 Å². The van der Waals surface area contributed by atoms with Gasteiger partial charge in [0.15, 0.2) is 0 Å². The molecule has 0 aliphatic heterocycles. The molecule has 8 heteroatoms. The van der Waals surface area contributed by atoms with Gasteiger partial charge in [0.25, 0.3) is 0 Å². The number of carbonyl (C=O) groups excluding carboxylic acids is 3. The van der Waals surface area contributed by atoms with Crippen molar-refractivity contribution < 1.29 is 23.9 Å². The molecule has 0 fully saturated rings. The van der Waals surface area contributed by atoms with E-state index >= 15 is 0 Å². The van der Waals surface area contributed by atoms with E-state index in [1.54, 1.807) is 0 Å². The Bertz CT molecular complexity index is 1350. The van der Waals surface area contributed by atoms with Crippen LogP contribution in [0.15, 0.2) is 72.1 Å². The van der Waals surface area contributed by atoms with Gasteiger partial charge in [-0.2, -0.15) is 0 Å². The van der Waals surface area contributed by atoms with Crippen molar-refractivity contribution in [1.82, 2.24) is 10.3 Å². The summed E-state index contributed by atoms with van der Waals surface area (Å²) in [7, 11) is 1.31. The minimum atomic E-state index is -0.567. The highest BCUT2D eigenvalue weighted by atomic mass is 32.1. The summed E-state index contributed by atoms with van der Waals surface area (Å²) in [5.74, 6) is -1.33. The second-order valence-corrected chi connectivity index (χ2v) is 8.80. The van der Waals surface area contributed by atoms with Crippen LogP contribution in [0.25, 0.3) is 22.0 Å². The van der Waals surface area contributed by atoms with Gasteiger partial charge in [0, 0.05) is 22.8 Å². The molecule has 7 nitrogen and oxygen atoms in total. The molecule has 0 aliphatic carbocycles. The molecule has 0 saturated carbocycles. The molecule has 0 radical (unpaired) electrons. The standard InChI is InChI=1S/C27H24N2O5S/c1-17(30)28-21(23-13-8-14-35-23)15-24(31)34-16-22-26(27(32)33-2)25(18-9-4-3-5-10-18)19-11-6-7-12-20(19)29-22/h3-14,21H,15-16H2,1-2H3,(H,28,30). The van der Waals surface area contributed by atoms with E-state index in [0.717, 1.165) is 15.8 Å². The van der Waals surface area contributed by atoms with Crippen molar-refractivity contribution in [2.75, 3.05) is 7.11 Å². The molecule has 1 atom stereocenters. The van der Waals surface area contributed by atoms with E-state index in [1.165, 1.54) is 25.4 Å². The first-order valence-corrected chi connectivity index (χ1v) is 11.9. The third-order valence-electron chi connectivity index (χ3n) is 5.42. The molecular formula is C27H24N2O5S. The summed E-state index contributed by atoms with van der Waals surface area (Å²) in [4.78, 5) is 42.8. The molecule has 1 N–H and O–H groups in total. The number of para-hydroxylation sites is 1. The van der Waals surface area contributed by atoms with Crippen molar-refractivity contribution >= 4 is 40.1 Å². The molecule has 4 aromatic rings. The van der Waals surface area contributed by atoms with Gasteiger partial charge in [-0.05, 0) is 23.1 Å². The predicted molar refractivity (Wildman–Crippen MR) is 134 cm³/mol. The van der Waals surface area contributed by atoms with Crippen LogP contribution in [-0.4, -0.2) is 29.9 Å². The zero-order valence-corrected chi connectivity index (χ0v) is 20.1. The van der Waals surface area contributed by atoms with Crippen LogP contribution in [0.1, 0.15) is 40.3 Å².